The Kier molecular flexibility index (Phi) is 2.76. The van der Waals surface area contributed by atoms with Crippen molar-refractivity contribution in [1.82, 2.24) is 0 Å². The molecule has 1 heterocycles. The summed E-state index contributed by atoms with van der Waals surface area (Å²) in [6.45, 7) is 1.66. The summed E-state index contributed by atoms with van der Waals surface area (Å²) >= 11 is 0. The van der Waals surface area contributed by atoms with E-state index in [-0.39, 0.29) is 11.6 Å². The van der Waals surface area contributed by atoms with Crippen molar-refractivity contribution < 1.29 is 9.58 Å². The zero-order valence-corrected chi connectivity index (χ0v) is 10.8. The molecule has 19 heavy (non-hydrogen) atoms. The highest BCUT2D eigenvalue weighted by Gasteiger charge is 2.37. The summed E-state index contributed by atoms with van der Waals surface area (Å²) in [6.07, 6.45) is 4.58. The van der Waals surface area contributed by atoms with Gasteiger partial charge >= 0.3 is 11.6 Å². The molecule has 0 fully saturated rings. The number of benzene rings is 1. The Morgan fingerprint density at radius 1 is 1.26 bits per heavy atom. The molecule has 1 aliphatic carbocycles. The third-order valence-electron chi connectivity index (χ3n) is 3.66. The number of nitrogens with zero attached hydrogens (tertiary/aromatic N) is 4. The fourth-order valence-corrected chi connectivity index (χ4v) is 2.64. The van der Waals surface area contributed by atoms with Gasteiger partial charge in [-0.05, 0) is 55.9 Å². The maximum atomic E-state index is 12.0. The molecule has 1 aliphatic heterocycles. The van der Waals surface area contributed by atoms with Gasteiger partial charge in [0.2, 0.25) is 0 Å². The van der Waals surface area contributed by atoms with Crippen LogP contribution in [0, 0.1) is 0 Å². The van der Waals surface area contributed by atoms with Gasteiger partial charge in [0.25, 0.3) is 0 Å². The lowest BCUT2D eigenvalue weighted by atomic mass is 9.91. The van der Waals surface area contributed by atoms with Gasteiger partial charge in [-0.3, -0.25) is 4.79 Å². The first-order chi connectivity index (χ1) is 9.20. The van der Waals surface area contributed by atoms with Crippen LogP contribution in [0.3, 0.4) is 0 Å². The fraction of sp³-hybridized carbons (Fsp3) is 0.357. The van der Waals surface area contributed by atoms with Crippen LogP contribution in [0.4, 0.5) is 5.69 Å². The van der Waals surface area contributed by atoms with Crippen LogP contribution in [-0.4, -0.2) is 22.1 Å². The van der Waals surface area contributed by atoms with Gasteiger partial charge in [0.05, 0.1) is 5.69 Å². The minimum Gasteiger partial charge on any atom is -0.360 e. The van der Waals surface area contributed by atoms with E-state index in [4.69, 9.17) is 5.53 Å². The molecule has 1 aromatic rings. The van der Waals surface area contributed by atoms with Gasteiger partial charge in [0, 0.05) is 0 Å². The topological polar surface area (TPSA) is 69.1 Å². The van der Waals surface area contributed by atoms with Crippen LogP contribution < -0.4 is 5.01 Å². The van der Waals surface area contributed by atoms with Crippen molar-refractivity contribution in [2.45, 2.75) is 32.6 Å². The van der Waals surface area contributed by atoms with Crippen LogP contribution in [0.1, 0.15) is 30.9 Å². The van der Waals surface area contributed by atoms with Crippen LogP contribution in [0.2, 0.25) is 0 Å². The summed E-state index contributed by atoms with van der Waals surface area (Å²) < 4.78 is 0. The molecule has 0 aromatic heterocycles. The Labute approximate surface area is 111 Å². The maximum absolute atomic E-state index is 12.0. The molecule has 0 atom stereocenters. The molecular weight excluding hydrogens is 240 g/mol. The van der Waals surface area contributed by atoms with Crippen molar-refractivity contribution in [2.75, 3.05) is 5.01 Å². The summed E-state index contributed by atoms with van der Waals surface area (Å²) in [5.41, 5.74) is 12.7. The standard InChI is InChI=1S/C14H14N4O/c1-9-13(16-15)14(19)18(17-9)12-7-6-10-4-2-3-5-11(10)8-12/h6-8H,2-5H2,1H3. The van der Waals surface area contributed by atoms with Crippen molar-refractivity contribution in [1.29, 1.82) is 0 Å². The molecule has 0 saturated heterocycles. The van der Waals surface area contributed by atoms with Gasteiger partial charge in [-0.2, -0.15) is 14.9 Å². The van der Waals surface area contributed by atoms with Crippen molar-refractivity contribution in [3.63, 3.8) is 0 Å². The first kappa shape index (κ1) is 11.8. The number of carbonyl (C=O) groups is 1. The largest absolute Gasteiger partial charge is 0.404 e. The van der Waals surface area contributed by atoms with E-state index in [0.717, 1.165) is 18.5 Å². The molecule has 0 spiro atoms. The molecule has 0 radical (unpaired) electrons. The first-order valence-electron chi connectivity index (χ1n) is 6.44. The lowest BCUT2D eigenvalue weighted by Gasteiger charge is -2.18. The average molecular weight is 254 g/mol. The van der Waals surface area contributed by atoms with Crippen molar-refractivity contribution >= 4 is 23.0 Å². The van der Waals surface area contributed by atoms with E-state index < -0.39 is 0 Å². The summed E-state index contributed by atoms with van der Waals surface area (Å²) in [7, 11) is 0. The van der Waals surface area contributed by atoms with Crippen LogP contribution in [0.15, 0.2) is 23.3 Å². The van der Waals surface area contributed by atoms with Crippen LogP contribution in [0.5, 0.6) is 0 Å². The number of amides is 1. The molecule has 1 aromatic carbocycles. The SMILES string of the molecule is CC1=NN(c2ccc3c(c2)CCCC3)C(=O)C1=[N+]=[N-]. The smallest absolute Gasteiger partial charge is 0.360 e. The molecule has 2 aliphatic rings. The number of rotatable bonds is 1. The van der Waals surface area contributed by atoms with Crippen molar-refractivity contribution in [3.05, 3.63) is 34.9 Å². The Hall–Kier alpha value is -2.26. The molecule has 5 heteroatoms. The minimum atomic E-state index is -0.379. The van der Waals surface area contributed by atoms with E-state index in [0.29, 0.717) is 5.71 Å². The van der Waals surface area contributed by atoms with E-state index in [9.17, 15) is 4.79 Å². The normalized spacial score (nSPS) is 18.2. The summed E-state index contributed by atoms with van der Waals surface area (Å²) in [6, 6.07) is 5.98. The highest BCUT2D eigenvalue weighted by Crippen LogP contribution is 2.27. The van der Waals surface area contributed by atoms with Crippen LogP contribution >= 0.6 is 0 Å². The number of aryl methyl sites for hydroxylation is 2. The van der Waals surface area contributed by atoms with Crippen molar-refractivity contribution in [2.24, 2.45) is 5.10 Å². The zero-order chi connectivity index (χ0) is 13.4. The number of hydrogen-bond donors (Lipinski definition) is 0. The molecule has 0 bridgehead atoms. The van der Waals surface area contributed by atoms with Gasteiger partial charge in [0.15, 0.2) is 5.71 Å². The zero-order valence-electron chi connectivity index (χ0n) is 10.8. The number of hydrogen-bond acceptors (Lipinski definition) is 2. The van der Waals surface area contributed by atoms with Gasteiger partial charge in [-0.1, -0.05) is 6.07 Å². The highest BCUT2D eigenvalue weighted by molar-refractivity contribution is 6.69. The monoisotopic (exact) mass is 254 g/mol. The lowest BCUT2D eigenvalue weighted by Crippen LogP contribution is -2.28. The number of anilines is 1. The van der Waals surface area contributed by atoms with Crippen LogP contribution in [-0.2, 0) is 17.6 Å². The number of hydrazone groups is 1. The van der Waals surface area contributed by atoms with Crippen LogP contribution in [0.25, 0.3) is 5.53 Å². The van der Waals surface area contributed by atoms with Gasteiger partial charge in [-0.15, -0.1) is 0 Å². The third-order valence-corrected chi connectivity index (χ3v) is 3.66. The van der Waals surface area contributed by atoms with E-state index in [1.165, 1.54) is 29.0 Å². The Morgan fingerprint density at radius 3 is 2.68 bits per heavy atom. The van der Waals surface area contributed by atoms with E-state index in [1.807, 2.05) is 12.1 Å². The van der Waals surface area contributed by atoms with E-state index in [2.05, 4.69) is 16.0 Å². The fourth-order valence-electron chi connectivity index (χ4n) is 2.64. The molecule has 0 N–H and O–H groups in total. The molecular formula is C14H14N4O. The summed E-state index contributed by atoms with van der Waals surface area (Å²) in [4.78, 5) is 15.0. The number of carbonyl (C=O) groups excluding carboxylic acids is 1. The van der Waals surface area contributed by atoms with Crippen molar-refractivity contribution in [3.8, 4) is 0 Å². The second-order valence-electron chi connectivity index (χ2n) is 4.91. The second-order valence-corrected chi connectivity index (χ2v) is 4.91. The van der Waals surface area contributed by atoms with E-state index >= 15 is 0 Å². The van der Waals surface area contributed by atoms with E-state index in [1.54, 1.807) is 6.92 Å². The molecule has 5 nitrogen and oxygen atoms in total. The summed E-state index contributed by atoms with van der Waals surface area (Å²) in [5, 5.41) is 5.46. The maximum Gasteiger partial charge on any atom is 0.404 e. The third kappa shape index (κ3) is 1.88. The lowest BCUT2D eigenvalue weighted by molar-refractivity contribution is -0.115. The van der Waals surface area contributed by atoms with Gasteiger partial charge < -0.3 is 5.53 Å². The highest BCUT2D eigenvalue weighted by atomic mass is 16.2. The molecule has 1 amide bonds. The Morgan fingerprint density at radius 2 is 2.00 bits per heavy atom. The molecule has 96 valence electrons. The first-order valence-corrected chi connectivity index (χ1v) is 6.44. The molecule has 0 saturated carbocycles. The Bertz CT molecular complexity index is 641. The number of fused-ring (bicyclic) bond motifs is 1. The second kappa shape index (κ2) is 4.44. The quantitative estimate of drug-likeness (QED) is 0.558. The minimum absolute atomic E-state index is 0.0118. The van der Waals surface area contributed by atoms with Gasteiger partial charge in [0.1, 0.15) is 0 Å². The summed E-state index contributed by atoms with van der Waals surface area (Å²) in [5.74, 6) is -0.379. The molecule has 0 unspecified atom stereocenters. The predicted molar refractivity (Wildman–Crippen MR) is 72.3 cm³/mol. The van der Waals surface area contributed by atoms with Gasteiger partial charge in [-0.25, -0.2) is 0 Å². The average Bonchev–Trinajstić information content (AvgIpc) is 2.73. The molecule has 3 rings (SSSR count). The Balaban J connectivity index is 2.00. The predicted octanol–water partition coefficient (Wildman–Crippen LogP) is 1.96.